The Balaban J connectivity index is 2.06. The molecular weight excluding hydrogens is 529 g/mol. The molecule has 0 spiro atoms. The van der Waals surface area contributed by atoms with Crippen LogP contribution in [0.5, 0.6) is 0 Å². The van der Waals surface area contributed by atoms with Gasteiger partial charge in [-0.3, -0.25) is 0 Å². The molecule has 40 heavy (non-hydrogen) atoms. The fourth-order valence-corrected chi connectivity index (χ4v) is 9.45. The molecule has 2 rings (SSSR count). The van der Waals surface area contributed by atoms with Crippen LogP contribution in [0.2, 0.25) is 36.3 Å². The summed E-state index contributed by atoms with van der Waals surface area (Å²) in [6.07, 6.45) is 12.9. The fraction of sp³-hybridized carbons (Fsp3) is 0.647. The van der Waals surface area contributed by atoms with E-state index in [1.165, 1.54) is 36.5 Å². The number of rotatable bonds is 17. The van der Waals surface area contributed by atoms with Crippen LogP contribution in [0.15, 0.2) is 59.9 Å². The van der Waals surface area contributed by atoms with Crippen LogP contribution < -0.4 is 0 Å². The second-order valence-corrected chi connectivity index (χ2v) is 22.4. The summed E-state index contributed by atoms with van der Waals surface area (Å²) in [4.78, 5) is 11.9. The van der Waals surface area contributed by atoms with Gasteiger partial charge < -0.3 is 14.0 Å². The highest BCUT2D eigenvalue weighted by Gasteiger charge is 2.40. The summed E-state index contributed by atoms with van der Waals surface area (Å²) in [7, 11) is -3.90. The van der Waals surface area contributed by atoms with Gasteiger partial charge in [-0.05, 0) is 98.9 Å². The van der Waals surface area contributed by atoms with E-state index < -0.39 is 28.7 Å². The summed E-state index contributed by atoms with van der Waals surface area (Å²) in [5, 5.41) is 9.70. The first-order valence-corrected chi connectivity index (χ1v) is 21.0. The van der Waals surface area contributed by atoms with Crippen molar-refractivity contribution in [3.63, 3.8) is 0 Å². The van der Waals surface area contributed by atoms with E-state index in [2.05, 4.69) is 96.8 Å². The first kappa shape index (κ1) is 34.5. The topological polar surface area (TPSA) is 55.8 Å². The minimum atomic E-state index is -2.20. The highest BCUT2D eigenvalue weighted by molar-refractivity contribution is 6.74. The van der Waals surface area contributed by atoms with Gasteiger partial charge in [-0.1, -0.05) is 83.5 Å². The summed E-state index contributed by atoms with van der Waals surface area (Å²) in [5.74, 6) is -0.513. The Morgan fingerprint density at radius 2 is 1.70 bits per heavy atom. The summed E-state index contributed by atoms with van der Waals surface area (Å²) in [6, 6.07) is 14.3. The third kappa shape index (κ3) is 10.3. The van der Waals surface area contributed by atoms with Crippen LogP contribution in [0.1, 0.15) is 85.6 Å². The molecule has 0 amide bonds. The molecule has 0 radical (unpaired) electrons. The average molecular weight is 585 g/mol. The van der Waals surface area contributed by atoms with Crippen LogP contribution in [0.4, 0.5) is 0 Å². The van der Waals surface area contributed by atoms with Crippen molar-refractivity contribution in [2.24, 2.45) is 5.92 Å². The molecule has 0 fully saturated rings. The van der Waals surface area contributed by atoms with Gasteiger partial charge >= 0.3 is 5.97 Å². The van der Waals surface area contributed by atoms with Crippen molar-refractivity contribution < 1.29 is 18.8 Å². The predicted molar refractivity (Wildman–Crippen MR) is 174 cm³/mol. The molecule has 4 nitrogen and oxygen atoms in total. The number of aliphatic carboxylic acids is 1. The molecule has 2 unspecified atom stereocenters. The van der Waals surface area contributed by atoms with Gasteiger partial charge in [-0.25, -0.2) is 4.79 Å². The SMILES string of the molecule is CC[Si](CC)(CC)OC1CC=C(CCCCc2ccccc2)[C@H]1CCC=C=CC(O[Si](C)(C)C(C)(C)C)C(=O)O. The lowest BCUT2D eigenvalue weighted by molar-refractivity contribution is -0.143. The Morgan fingerprint density at radius 1 is 1.07 bits per heavy atom. The normalized spacial score (nSPS) is 18.6. The first-order chi connectivity index (χ1) is 18.9. The molecule has 1 aromatic rings. The minimum absolute atomic E-state index is 0.0480. The number of carboxylic acids is 1. The van der Waals surface area contributed by atoms with Crippen molar-refractivity contribution in [3.05, 3.63) is 65.4 Å². The smallest absolute Gasteiger partial charge is 0.336 e. The van der Waals surface area contributed by atoms with Crippen molar-refractivity contribution in [1.29, 1.82) is 0 Å². The first-order valence-electron chi connectivity index (χ1n) is 15.6. The molecule has 0 saturated heterocycles. The van der Waals surface area contributed by atoms with Crippen molar-refractivity contribution in [2.45, 2.75) is 135 Å². The van der Waals surface area contributed by atoms with Gasteiger partial charge in [0, 0.05) is 5.92 Å². The van der Waals surface area contributed by atoms with E-state index in [4.69, 9.17) is 8.85 Å². The van der Waals surface area contributed by atoms with Gasteiger partial charge in [-0.15, -0.1) is 5.73 Å². The Morgan fingerprint density at radius 3 is 2.27 bits per heavy atom. The number of benzene rings is 1. The van der Waals surface area contributed by atoms with E-state index in [0.717, 1.165) is 32.1 Å². The third-order valence-corrected chi connectivity index (χ3v) is 18.5. The lowest BCUT2D eigenvalue weighted by atomic mass is 9.90. The van der Waals surface area contributed by atoms with Gasteiger partial charge in [0.1, 0.15) is 0 Å². The molecule has 0 bridgehead atoms. The molecule has 1 aromatic carbocycles. The Kier molecular flexibility index (Phi) is 13.9. The monoisotopic (exact) mass is 584 g/mol. The fourth-order valence-electron chi connectivity index (χ4n) is 5.39. The highest BCUT2D eigenvalue weighted by Crippen LogP contribution is 2.39. The van der Waals surface area contributed by atoms with E-state index in [1.807, 2.05) is 6.08 Å². The summed E-state index contributed by atoms with van der Waals surface area (Å²) < 4.78 is 13.2. The summed E-state index contributed by atoms with van der Waals surface area (Å²) in [6.45, 7) is 17.5. The largest absolute Gasteiger partial charge is 0.479 e. The van der Waals surface area contributed by atoms with Crippen LogP contribution in [-0.2, 0) is 20.1 Å². The molecule has 0 aliphatic heterocycles. The number of carboxylic acid groups (broad SMARTS) is 1. The summed E-state index contributed by atoms with van der Waals surface area (Å²) in [5.41, 5.74) is 6.14. The molecular formula is C34H56O4Si2. The molecule has 6 heteroatoms. The number of carbonyl (C=O) groups is 1. The quantitative estimate of drug-likeness (QED) is 0.0857. The zero-order chi connectivity index (χ0) is 29.8. The van der Waals surface area contributed by atoms with Crippen molar-refractivity contribution in [2.75, 3.05) is 0 Å². The molecule has 0 saturated carbocycles. The van der Waals surface area contributed by atoms with E-state index >= 15 is 0 Å². The van der Waals surface area contributed by atoms with Gasteiger partial charge in [0.25, 0.3) is 0 Å². The maximum atomic E-state index is 11.9. The maximum Gasteiger partial charge on any atom is 0.336 e. The van der Waals surface area contributed by atoms with Gasteiger partial charge in [0.05, 0.1) is 6.10 Å². The van der Waals surface area contributed by atoms with Crippen molar-refractivity contribution >= 4 is 22.6 Å². The second kappa shape index (κ2) is 16.1. The van der Waals surface area contributed by atoms with Crippen LogP contribution in [-0.4, -0.2) is 39.9 Å². The zero-order valence-electron chi connectivity index (χ0n) is 26.6. The lowest BCUT2D eigenvalue weighted by Gasteiger charge is -2.37. The lowest BCUT2D eigenvalue weighted by Crippen LogP contribution is -2.45. The molecule has 0 aromatic heterocycles. The number of unbranched alkanes of at least 4 members (excludes halogenated alkanes) is 1. The Labute approximate surface area is 247 Å². The average Bonchev–Trinajstić information content (AvgIpc) is 3.29. The predicted octanol–water partition coefficient (Wildman–Crippen LogP) is 9.70. The van der Waals surface area contributed by atoms with Gasteiger partial charge in [0.15, 0.2) is 22.7 Å². The minimum Gasteiger partial charge on any atom is -0.479 e. The van der Waals surface area contributed by atoms with Crippen molar-refractivity contribution in [3.8, 4) is 0 Å². The van der Waals surface area contributed by atoms with E-state index in [-0.39, 0.29) is 11.1 Å². The number of aryl methyl sites for hydroxylation is 1. The van der Waals surface area contributed by atoms with Gasteiger partial charge in [-0.2, -0.15) is 0 Å². The number of hydrogen-bond donors (Lipinski definition) is 1. The third-order valence-electron chi connectivity index (χ3n) is 9.35. The van der Waals surface area contributed by atoms with E-state index in [1.54, 1.807) is 11.6 Å². The molecule has 1 aliphatic carbocycles. The molecule has 0 heterocycles. The van der Waals surface area contributed by atoms with Gasteiger partial charge in [0.2, 0.25) is 0 Å². The van der Waals surface area contributed by atoms with Crippen molar-refractivity contribution in [1.82, 2.24) is 0 Å². The highest BCUT2D eigenvalue weighted by atomic mass is 28.4. The van der Waals surface area contributed by atoms with Crippen LogP contribution in [0.3, 0.4) is 0 Å². The van der Waals surface area contributed by atoms with E-state index in [9.17, 15) is 9.90 Å². The van der Waals surface area contributed by atoms with Crippen LogP contribution in [0, 0.1) is 5.92 Å². The summed E-state index contributed by atoms with van der Waals surface area (Å²) >= 11 is 0. The van der Waals surface area contributed by atoms with Crippen LogP contribution >= 0.6 is 0 Å². The molecule has 1 N–H and O–H groups in total. The molecule has 3 atom stereocenters. The van der Waals surface area contributed by atoms with Crippen LogP contribution in [0.25, 0.3) is 0 Å². The zero-order valence-corrected chi connectivity index (χ0v) is 28.6. The van der Waals surface area contributed by atoms with E-state index in [0.29, 0.717) is 5.92 Å². The Hall–Kier alpha value is -1.70. The number of hydrogen-bond acceptors (Lipinski definition) is 3. The molecule has 1 aliphatic rings. The maximum absolute atomic E-state index is 11.9. The Bertz CT molecular complexity index is 990. The standard InChI is InChI=1S/C34H56O4Si2/c1-9-40(10-2,11-3)38-31-27-26-29(23-19-18-22-28-20-14-12-15-21-28)30(31)24-16-13-17-25-32(33(35)36)37-39(7,8)34(4,5)6/h12-15,20-21,25-26,30-32H,9-11,16,18-19,22-24,27H2,1-8H3,(H,35,36)/t17?,30-,31?,32?/m1/s1. The second-order valence-electron chi connectivity index (χ2n) is 13.0. The molecule has 224 valence electrons.